The number of aromatic amines is 1. The van der Waals surface area contributed by atoms with E-state index in [1.807, 2.05) is 0 Å². The normalized spacial score (nSPS) is 10.8. The fourth-order valence-electron chi connectivity index (χ4n) is 1.92. The van der Waals surface area contributed by atoms with Crippen molar-refractivity contribution >= 4 is 29.4 Å². The van der Waals surface area contributed by atoms with Crippen LogP contribution in [0.5, 0.6) is 17.4 Å². The fraction of sp³-hybridized carbons (Fsp3) is 0.143. The van der Waals surface area contributed by atoms with Crippen LogP contribution in [0.25, 0.3) is 12.2 Å². The summed E-state index contributed by atoms with van der Waals surface area (Å²) >= 11 is 6.07. The minimum Gasteiger partial charge on any atom is -0.493 e. The molecule has 0 fully saturated rings. The number of halogens is 1. The number of nitrogens with zero attached hydrogens (tertiary/aromatic N) is 2. The highest BCUT2D eigenvalue weighted by Gasteiger charge is 2.21. The summed E-state index contributed by atoms with van der Waals surface area (Å²) in [6, 6.07) is 3.22. The maximum Gasteiger partial charge on any atom is 0.395 e. The highest BCUT2D eigenvalue weighted by molar-refractivity contribution is 6.32. The minimum atomic E-state index is -1.06. The second-order valence-electron chi connectivity index (χ2n) is 4.45. The number of benzene rings is 1. The van der Waals surface area contributed by atoms with Crippen LogP contribution in [0.2, 0.25) is 5.02 Å². The van der Waals surface area contributed by atoms with Gasteiger partial charge in [0.25, 0.3) is 5.88 Å². The van der Waals surface area contributed by atoms with Crippen LogP contribution in [0.4, 0.5) is 5.69 Å². The second-order valence-corrected chi connectivity index (χ2v) is 4.86. The Morgan fingerprint density at radius 3 is 2.58 bits per heavy atom. The molecule has 0 amide bonds. The van der Waals surface area contributed by atoms with Crippen LogP contribution in [-0.2, 0) is 0 Å². The molecule has 9 nitrogen and oxygen atoms in total. The summed E-state index contributed by atoms with van der Waals surface area (Å²) in [5.74, 6) is -0.253. The summed E-state index contributed by atoms with van der Waals surface area (Å²) in [5.41, 5.74) is -1.48. The van der Waals surface area contributed by atoms with E-state index in [4.69, 9.17) is 21.1 Å². The highest BCUT2D eigenvalue weighted by atomic mass is 35.5. The Morgan fingerprint density at radius 1 is 1.33 bits per heavy atom. The molecule has 0 radical (unpaired) electrons. The standard InChI is InChI=1S/C14H12ClN3O6/c1-23-9-6-7(5-8(15)12(9)24-2)3-4-10-16-13(19)11(18(21)22)14(20)17-10/h3-6H,1-2H3,(H2,16,17,19,20)/b4-3+. The van der Waals surface area contributed by atoms with Crippen molar-refractivity contribution in [3.8, 4) is 17.4 Å². The van der Waals surface area contributed by atoms with Gasteiger partial charge in [0, 0.05) is 0 Å². The van der Waals surface area contributed by atoms with Gasteiger partial charge in [-0.15, -0.1) is 0 Å². The maximum absolute atomic E-state index is 11.6. The van der Waals surface area contributed by atoms with Crippen LogP contribution in [0.15, 0.2) is 16.9 Å². The number of rotatable bonds is 5. The van der Waals surface area contributed by atoms with E-state index in [1.165, 1.54) is 26.4 Å². The number of H-pyrrole nitrogens is 1. The number of methoxy groups -OCH3 is 2. The molecule has 0 aliphatic rings. The van der Waals surface area contributed by atoms with Gasteiger partial charge in [0.15, 0.2) is 11.5 Å². The lowest BCUT2D eigenvalue weighted by molar-refractivity contribution is -0.387. The number of hydrogen-bond acceptors (Lipinski definition) is 7. The summed E-state index contributed by atoms with van der Waals surface area (Å²) in [4.78, 5) is 26.9. The summed E-state index contributed by atoms with van der Waals surface area (Å²) in [5, 5.41) is 20.4. The molecule has 0 saturated heterocycles. The van der Waals surface area contributed by atoms with E-state index >= 15 is 0 Å². The molecule has 0 saturated carbocycles. The highest BCUT2D eigenvalue weighted by Crippen LogP contribution is 2.36. The topological polar surface area (TPSA) is 128 Å². The van der Waals surface area contributed by atoms with E-state index < -0.39 is 22.0 Å². The Balaban J connectivity index is 2.40. The molecule has 1 heterocycles. The second kappa shape index (κ2) is 7.01. The third-order valence-corrected chi connectivity index (χ3v) is 3.25. The van der Waals surface area contributed by atoms with Crippen molar-refractivity contribution in [1.82, 2.24) is 9.97 Å². The first-order chi connectivity index (χ1) is 11.4. The van der Waals surface area contributed by atoms with Gasteiger partial charge in [-0.25, -0.2) is 0 Å². The minimum absolute atomic E-state index is 0.0611. The van der Waals surface area contributed by atoms with Crippen molar-refractivity contribution in [2.75, 3.05) is 14.2 Å². The van der Waals surface area contributed by atoms with Crippen molar-refractivity contribution in [2.45, 2.75) is 0 Å². The zero-order valence-corrected chi connectivity index (χ0v) is 13.3. The van der Waals surface area contributed by atoms with E-state index in [0.29, 0.717) is 22.1 Å². The van der Waals surface area contributed by atoms with E-state index in [9.17, 15) is 20.0 Å². The van der Waals surface area contributed by atoms with Crippen molar-refractivity contribution in [3.63, 3.8) is 0 Å². The lowest BCUT2D eigenvalue weighted by Crippen LogP contribution is -2.14. The van der Waals surface area contributed by atoms with Crippen molar-refractivity contribution < 1.29 is 19.5 Å². The van der Waals surface area contributed by atoms with Crippen LogP contribution in [-0.4, -0.2) is 34.2 Å². The van der Waals surface area contributed by atoms with Crippen LogP contribution in [0, 0.1) is 10.1 Å². The van der Waals surface area contributed by atoms with Gasteiger partial charge in [0.05, 0.1) is 24.2 Å². The maximum atomic E-state index is 11.6. The number of nitro groups is 1. The van der Waals surface area contributed by atoms with Gasteiger partial charge >= 0.3 is 11.2 Å². The van der Waals surface area contributed by atoms with Crippen molar-refractivity contribution in [1.29, 1.82) is 0 Å². The average molecular weight is 354 g/mol. The molecule has 126 valence electrons. The fourth-order valence-corrected chi connectivity index (χ4v) is 2.22. The van der Waals surface area contributed by atoms with Gasteiger partial charge in [-0.3, -0.25) is 14.9 Å². The molecule has 0 aliphatic heterocycles. The van der Waals surface area contributed by atoms with Crippen molar-refractivity contribution in [2.24, 2.45) is 0 Å². The predicted octanol–water partition coefficient (Wildman–Crippen LogP) is 2.22. The quantitative estimate of drug-likeness (QED) is 0.623. The molecular weight excluding hydrogens is 342 g/mol. The first kappa shape index (κ1) is 17.3. The Labute approximate surface area is 140 Å². The number of aromatic hydroxyl groups is 1. The van der Waals surface area contributed by atoms with E-state index in [1.54, 1.807) is 12.1 Å². The third-order valence-electron chi connectivity index (χ3n) is 2.97. The Morgan fingerprint density at radius 2 is 2.04 bits per heavy atom. The van der Waals surface area contributed by atoms with Crippen LogP contribution in [0.3, 0.4) is 0 Å². The third kappa shape index (κ3) is 3.46. The lowest BCUT2D eigenvalue weighted by Gasteiger charge is -2.10. The number of hydrogen-bond donors (Lipinski definition) is 2. The molecule has 1 aromatic heterocycles. The largest absolute Gasteiger partial charge is 0.493 e. The lowest BCUT2D eigenvalue weighted by atomic mass is 10.2. The Kier molecular flexibility index (Phi) is 5.05. The molecule has 1 aromatic carbocycles. The first-order valence-electron chi connectivity index (χ1n) is 6.44. The van der Waals surface area contributed by atoms with Gasteiger partial charge < -0.3 is 19.6 Å². The van der Waals surface area contributed by atoms with Gasteiger partial charge in [-0.05, 0) is 23.8 Å². The molecule has 2 rings (SSSR count). The first-order valence-corrected chi connectivity index (χ1v) is 6.82. The zero-order chi connectivity index (χ0) is 17.9. The summed E-state index contributed by atoms with van der Waals surface area (Å²) in [6.45, 7) is 0. The monoisotopic (exact) mass is 353 g/mol. The summed E-state index contributed by atoms with van der Waals surface area (Å²) in [7, 11) is 2.91. The van der Waals surface area contributed by atoms with Gasteiger partial charge in [-0.1, -0.05) is 17.7 Å². The molecule has 2 N–H and O–H groups in total. The average Bonchev–Trinajstić information content (AvgIpc) is 2.51. The van der Waals surface area contributed by atoms with E-state index in [2.05, 4.69) is 9.97 Å². The molecule has 0 atom stereocenters. The smallest absolute Gasteiger partial charge is 0.395 e. The molecule has 0 spiro atoms. The van der Waals surface area contributed by atoms with Gasteiger partial charge in [0.2, 0.25) is 0 Å². The summed E-state index contributed by atoms with van der Waals surface area (Å²) < 4.78 is 10.3. The Hall–Kier alpha value is -3.07. The molecular formula is C14H12ClN3O6. The molecule has 2 aromatic rings. The van der Waals surface area contributed by atoms with Crippen LogP contribution >= 0.6 is 11.6 Å². The molecule has 10 heteroatoms. The predicted molar refractivity (Wildman–Crippen MR) is 86.7 cm³/mol. The SMILES string of the molecule is COc1cc(/C=C/c2nc(O)c([N+](=O)[O-])c(=O)[nH]2)cc(Cl)c1OC. The Bertz CT molecular complexity index is 878. The van der Waals surface area contributed by atoms with Gasteiger partial charge in [0.1, 0.15) is 5.82 Å². The molecule has 0 aliphatic carbocycles. The van der Waals surface area contributed by atoms with E-state index in [0.717, 1.165) is 0 Å². The number of aromatic nitrogens is 2. The van der Waals surface area contributed by atoms with Crippen molar-refractivity contribution in [3.05, 3.63) is 49.0 Å². The number of nitrogens with one attached hydrogen (secondary N) is 1. The van der Waals surface area contributed by atoms with Gasteiger partial charge in [-0.2, -0.15) is 4.98 Å². The van der Waals surface area contributed by atoms with Crippen LogP contribution < -0.4 is 15.0 Å². The number of ether oxygens (including phenoxy) is 2. The zero-order valence-electron chi connectivity index (χ0n) is 12.6. The molecule has 0 unspecified atom stereocenters. The molecule has 24 heavy (non-hydrogen) atoms. The van der Waals surface area contributed by atoms with Crippen LogP contribution in [0.1, 0.15) is 11.4 Å². The molecule has 0 bridgehead atoms. The van der Waals surface area contributed by atoms with E-state index in [-0.39, 0.29) is 5.82 Å². The summed E-state index contributed by atoms with van der Waals surface area (Å²) in [6.07, 6.45) is 2.87.